The van der Waals surface area contributed by atoms with E-state index in [1.807, 2.05) is 6.07 Å². The smallest absolute Gasteiger partial charge is 0.308 e. The highest BCUT2D eigenvalue weighted by Gasteiger charge is 2.72. The quantitative estimate of drug-likeness (QED) is 0.598. The lowest BCUT2D eigenvalue weighted by Gasteiger charge is -2.63. The van der Waals surface area contributed by atoms with Crippen LogP contribution in [0.25, 0.3) is 0 Å². The fourth-order valence-corrected chi connectivity index (χ4v) is 7.34. The number of hydrogen-bond donors (Lipinski definition) is 1. The zero-order valence-electron chi connectivity index (χ0n) is 16.4. The normalized spacial score (nSPS) is 37.8. The molecule has 2 aliphatic heterocycles. The molecule has 5 atom stereocenters. The molecule has 2 heterocycles. The lowest BCUT2D eigenvalue weighted by atomic mass is 9.49. The summed E-state index contributed by atoms with van der Waals surface area (Å²) >= 11 is 1.32. The Bertz CT molecular complexity index is 888. The van der Waals surface area contributed by atoms with Gasteiger partial charge in [0.1, 0.15) is 6.10 Å². The number of hydrogen-bond acceptors (Lipinski definition) is 7. The molecule has 7 heteroatoms. The first-order chi connectivity index (χ1) is 13.3. The van der Waals surface area contributed by atoms with Crippen molar-refractivity contribution < 1.29 is 24.2 Å². The number of likely N-dealkylation sites (tertiary alicyclic amines) is 1. The van der Waals surface area contributed by atoms with Gasteiger partial charge in [-0.2, -0.15) is 0 Å². The van der Waals surface area contributed by atoms with E-state index in [2.05, 4.69) is 11.9 Å². The van der Waals surface area contributed by atoms with E-state index >= 15 is 0 Å². The number of ether oxygens (including phenoxy) is 2. The molecule has 0 radical (unpaired) electrons. The van der Waals surface area contributed by atoms with E-state index in [-0.39, 0.29) is 22.5 Å². The van der Waals surface area contributed by atoms with E-state index < -0.39 is 17.0 Å². The molecule has 1 saturated carbocycles. The Kier molecular flexibility index (Phi) is 3.93. The van der Waals surface area contributed by atoms with Crippen molar-refractivity contribution in [3.05, 3.63) is 23.3 Å². The van der Waals surface area contributed by atoms with Crippen LogP contribution in [-0.4, -0.2) is 57.7 Å². The summed E-state index contributed by atoms with van der Waals surface area (Å²) in [7, 11) is 2.08. The molecular weight excluding hydrogens is 378 g/mol. The molecule has 0 amide bonds. The van der Waals surface area contributed by atoms with Gasteiger partial charge in [0.15, 0.2) is 16.6 Å². The molecule has 1 aromatic rings. The van der Waals surface area contributed by atoms with Gasteiger partial charge in [-0.15, -0.1) is 0 Å². The molecule has 2 aliphatic carbocycles. The molecular formula is C21H25NO5S. The number of carbonyl (C=O) groups excluding carboxylic acids is 2. The average molecular weight is 404 g/mol. The molecule has 1 N–H and O–H groups in total. The second kappa shape index (κ2) is 5.97. The molecule has 4 aliphatic rings. The van der Waals surface area contributed by atoms with Crippen LogP contribution >= 0.6 is 11.8 Å². The predicted octanol–water partition coefficient (Wildman–Crippen LogP) is 2.04. The Balaban J connectivity index is 1.73. The van der Waals surface area contributed by atoms with Crippen LogP contribution in [0, 0.1) is 0 Å². The average Bonchev–Trinajstić information content (AvgIpc) is 2.97. The number of nitrogens with zero attached hydrogens (tertiary/aromatic N) is 1. The number of benzene rings is 1. The van der Waals surface area contributed by atoms with Crippen LogP contribution < -0.4 is 9.47 Å². The summed E-state index contributed by atoms with van der Waals surface area (Å²) in [4.78, 5) is 25.8. The Morgan fingerprint density at radius 1 is 1.32 bits per heavy atom. The Morgan fingerprint density at radius 3 is 2.82 bits per heavy atom. The lowest BCUT2D eigenvalue weighted by molar-refractivity contribution is -0.178. The van der Waals surface area contributed by atoms with E-state index in [0.29, 0.717) is 17.9 Å². The molecule has 1 saturated heterocycles. The third-order valence-corrected chi connectivity index (χ3v) is 8.35. The van der Waals surface area contributed by atoms with Gasteiger partial charge in [0.05, 0.1) is 16.3 Å². The summed E-state index contributed by atoms with van der Waals surface area (Å²) in [5, 5.41) is 12.1. The molecule has 0 aromatic heterocycles. The second-order valence-corrected chi connectivity index (χ2v) is 10.0. The third kappa shape index (κ3) is 2.18. The van der Waals surface area contributed by atoms with Gasteiger partial charge in [-0.1, -0.05) is 17.8 Å². The maximum atomic E-state index is 12.1. The molecule has 2 fully saturated rings. The zero-order chi connectivity index (χ0) is 19.8. The summed E-state index contributed by atoms with van der Waals surface area (Å²) < 4.78 is 11.9. The van der Waals surface area contributed by atoms with E-state index in [0.717, 1.165) is 36.9 Å². The number of likely N-dealkylation sites (N-methyl/N-ethyl adjacent to an activating group) is 1. The summed E-state index contributed by atoms with van der Waals surface area (Å²) in [5.74, 6) is 0.616. The van der Waals surface area contributed by atoms with Gasteiger partial charge >= 0.3 is 5.97 Å². The number of rotatable bonds is 2. The molecule has 5 rings (SSSR count). The topological polar surface area (TPSA) is 76.1 Å². The van der Waals surface area contributed by atoms with E-state index in [9.17, 15) is 14.7 Å². The standard InChI is InChI=1S/C21H25NO5S/c1-11(23)26-14-5-4-13-10-16-21(25)7-6-15(28-12(2)24)19-20(21,8-9-22(16)3)17(13)18(14)27-19/h4-5,15-16,19,25H,6-10H2,1-3H3/t15-,16-,19+,20+,21-/m1/s1. The minimum atomic E-state index is -0.911. The van der Waals surface area contributed by atoms with Crippen LogP contribution in [-0.2, 0) is 21.4 Å². The summed E-state index contributed by atoms with van der Waals surface area (Å²) in [6.45, 7) is 3.82. The largest absolute Gasteiger partial charge is 0.484 e. The molecule has 1 spiro atoms. The Hall–Kier alpha value is -1.57. The van der Waals surface area contributed by atoms with Crippen LogP contribution in [0.1, 0.15) is 44.2 Å². The van der Waals surface area contributed by atoms with Crippen molar-refractivity contribution in [1.29, 1.82) is 0 Å². The fourth-order valence-electron chi connectivity index (χ4n) is 6.27. The summed E-state index contributed by atoms with van der Waals surface area (Å²) in [5.41, 5.74) is 0.695. The van der Waals surface area contributed by atoms with Crippen LogP contribution in [0.3, 0.4) is 0 Å². The van der Waals surface area contributed by atoms with Gasteiger partial charge in [0, 0.05) is 25.5 Å². The summed E-state index contributed by atoms with van der Waals surface area (Å²) in [6, 6.07) is 3.84. The maximum Gasteiger partial charge on any atom is 0.308 e. The fraction of sp³-hybridized carbons (Fsp3) is 0.619. The highest BCUT2D eigenvalue weighted by atomic mass is 32.2. The number of esters is 1. The molecule has 6 nitrogen and oxygen atoms in total. The van der Waals surface area contributed by atoms with Crippen molar-refractivity contribution in [2.45, 2.75) is 67.9 Å². The first-order valence-corrected chi connectivity index (χ1v) is 10.8. The third-order valence-electron chi connectivity index (χ3n) is 7.23. The van der Waals surface area contributed by atoms with Crippen molar-refractivity contribution in [3.8, 4) is 11.5 Å². The van der Waals surface area contributed by atoms with E-state index in [4.69, 9.17) is 9.47 Å². The van der Waals surface area contributed by atoms with Gasteiger partial charge < -0.3 is 19.5 Å². The first kappa shape index (κ1) is 18.5. The van der Waals surface area contributed by atoms with Gasteiger partial charge in [-0.3, -0.25) is 9.59 Å². The number of piperidine rings is 1. The van der Waals surface area contributed by atoms with Gasteiger partial charge in [-0.25, -0.2) is 0 Å². The van der Waals surface area contributed by atoms with Crippen LogP contribution in [0.5, 0.6) is 11.5 Å². The van der Waals surface area contributed by atoms with Crippen molar-refractivity contribution in [3.63, 3.8) is 0 Å². The number of carbonyl (C=O) groups is 2. The monoisotopic (exact) mass is 403 g/mol. The first-order valence-electron chi connectivity index (χ1n) is 9.89. The highest BCUT2D eigenvalue weighted by Crippen LogP contribution is 2.66. The predicted molar refractivity (Wildman–Crippen MR) is 105 cm³/mol. The van der Waals surface area contributed by atoms with Gasteiger partial charge in [-0.05, 0) is 50.9 Å². The number of aliphatic hydroxyl groups is 1. The molecule has 2 bridgehead atoms. The SMILES string of the molecule is CC(=O)Oc1ccc2c3c1O[C@H]1[C@H](SC(C)=O)CC[C@@]4(O)[C@@H](C2)N(C)CC[C@]314. The van der Waals surface area contributed by atoms with E-state index in [1.165, 1.54) is 18.7 Å². The van der Waals surface area contributed by atoms with Crippen molar-refractivity contribution >= 4 is 22.8 Å². The molecule has 1 aromatic carbocycles. The minimum Gasteiger partial charge on any atom is -0.484 e. The zero-order valence-corrected chi connectivity index (χ0v) is 17.2. The van der Waals surface area contributed by atoms with Crippen LogP contribution in [0.4, 0.5) is 0 Å². The highest BCUT2D eigenvalue weighted by molar-refractivity contribution is 8.14. The van der Waals surface area contributed by atoms with Crippen molar-refractivity contribution in [2.24, 2.45) is 0 Å². The van der Waals surface area contributed by atoms with Crippen LogP contribution in [0.15, 0.2) is 12.1 Å². The van der Waals surface area contributed by atoms with Crippen molar-refractivity contribution in [2.75, 3.05) is 13.6 Å². The molecule has 150 valence electrons. The Morgan fingerprint density at radius 2 is 2.11 bits per heavy atom. The van der Waals surface area contributed by atoms with Gasteiger partial charge in [0.25, 0.3) is 0 Å². The molecule has 28 heavy (non-hydrogen) atoms. The second-order valence-electron chi connectivity index (χ2n) is 8.59. The molecule has 0 unspecified atom stereocenters. The summed E-state index contributed by atoms with van der Waals surface area (Å²) in [6.07, 6.45) is 2.58. The van der Waals surface area contributed by atoms with Gasteiger partial charge in [0.2, 0.25) is 0 Å². The number of thioether (sulfide) groups is 1. The van der Waals surface area contributed by atoms with Crippen LogP contribution in [0.2, 0.25) is 0 Å². The maximum absolute atomic E-state index is 12.1. The van der Waals surface area contributed by atoms with E-state index in [1.54, 1.807) is 13.0 Å². The lowest BCUT2D eigenvalue weighted by Crippen LogP contribution is -2.76. The minimum absolute atomic E-state index is 0.0219. The van der Waals surface area contributed by atoms with Crippen molar-refractivity contribution in [1.82, 2.24) is 4.90 Å². The Labute approximate surface area is 168 Å².